The zero-order chi connectivity index (χ0) is 17.5. The van der Waals surface area contributed by atoms with E-state index in [9.17, 15) is 10.1 Å². The first kappa shape index (κ1) is 17.2. The van der Waals surface area contributed by atoms with Crippen LogP contribution in [0.1, 0.15) is 47.0 Å². The number of piperidine rings is 1. The molecule has 0 amide bonds. The molecule has 0 aliphatic carbocycles. The Balaban J connectivity index is 1.91. The molecule has 1 aromatic heterocycles. The minimum Gasteiger partial charge on any atom is -0.399 e. The fraction of sp³-hybridized carbons (Fsp3) is 0.688. The second kappa shape index (κ2) is 6.00. The van der Waals surface area contributed by atoms with E-state index in [1.165, 1.54) is 0 Å². The average Bonchev–Trinajstić information content (AvgIpc) is 2.75. The topological polar surface area (TPSA) is 77.7 Å². The largest absolute Gasteiger partial charge is 0.496 e. The number of aromatic nitrogens is 1. The summed E-state index contributed by atoms with van der Waals surface area (Å²) < 4.78 is 11.9. The van der Waals surface area contributed by atoms with Gasteiger partial charge in [-0.3, -0.25) is 10.1 Å². The molecule has 2 saturated heterocycles. The van der Waals surface area contributed by atoms with Crippen molar-refractivity contribution in [3.8, 4) is 0 Å². The molecule has 0 radical (unpaired) electrons. The monoisotopic (exact) mass is 333 g/mol. The van der Waals surface area contributed by atoms with Crippen molar-refractivity contribution < 1.29 is 14.2 Å². The molecule has 3 heterocycles. The summed E-state index contributed by atoms with van der Waals surface area (Å²) >= 11 is 0. The Kier molecular flexibility index (Phi) is 4.29. The fourth-order valence-electron chi connectivity index (χ4n) is 3.05. The highest BCUT2D eigenvalue weighted by atomic mass is 16.7. The highest BCUT2D eigenvalue weighted by molar-refractivity contribution is 6.62. The molecule has 0 atom stereocenters. The number of anilines is 1. The quantitative estimate of drug-likeness (QED) is 0.480. The van der Waals surface area contributed by atoms with Crippen molar-refractivity contribution in [1.29, 1.82) is 0 Å². The molecule has 2 fully saturated rings. The van der Waals surface area contributed by atoms with Crippen LogP contribution >= 0.6 is 0 Å². The first-order valence-electron chi connectivity index (χ1n) is 8.46. The van der Waals surface area contributed by atoms with Crippen molar-refractivity contribution in [1.82, 2.24) is 4.98 Å². The van der Waals surface area contributed by atoms with Crippen molar-refractivity contribution >= 4 is 24.1 Å². The summed E-state index contributed by atoms with van der Waals surface area (Å²) in [5, 5.41) is 11.5. The summed E-state index contributed by atoms with van der Waals surface area (Å²) in [6, 6.07) is 1.54. The van der Waals surface area contributed by atoms with Crippen LogP contribution in [0.5, 0.6) is 0 Å². The van der Waals surface area contributed by atoms with Crippen molar-refractivity contribution in [2.45, 2.75) is 58.2 Å². The van der Waals surface area contributed by atoms with Gasteiger partial charge in [0.15, 0.2) is 0 Å². The van der Waals surface area contributed by atoms with Gasteiger partial charge in [-0.15, -0.1) is 0 Å². The summed E-state index contributed by atoms with van der Waals surface area (Å²) in [6.45, 7) is 9.44. The van der Waals surface area contributed by atoms with Gasteiger partial charge in [-0.1, -0.05) is 0 Å². The van der Waals surface area contributed by atoms with Crippen LogP contribution in [0.4, 0.5) is 11.5 Å². The van der Waals surface area contributed by atoms with E-state index < -0.39 is 18.3 Å². The molecule has 3 rings (SSSR count). The van der Waals surface area contributed by atoms with Crippen LogP contribution in [-0.2, 0) is 9.31 Å². The zero-order valence-corrected chi connectivity index (χ0v) is 14.7. The van der Waals surface area contributed by atoms with Gasteiger partial charge in [0.05, 0.1) is 16.1 Å². The fourth-order valence-corrected chi connectivity index (χ4v) is 3.05. The van der Waals surface area contributed by atoms with Crippen molar-refractivity contribution in [2.24, 2.45) is 0 Å². The van der Waals surface area contributed by atoms with Gasteiger partial charge in [-0.05, 0) is 47.0 Å². The van der Waals surface area contributed by atoms with Gasteiger partial charge in [0.1, 0.15) is 0 Å². The van der Waals surface area contributed by atoms with Gasteiger partial charge >= 0.3 is 12.8 Å². The lowest BCUT2D eigenvalue weighted by Gasteiger charge is -2.32. The maximum atomic E-state index is 11.5. The molecule has 0 unspecified atom stereocenters. The maximum Gasteiger partial charge on any atom is 0.496 e. The normalized spacial score (nSPS) is 22.7. The lowest BCUT2D eigenvalue weighted by Crippen LogP contribution is -2.41. The predicted octanol–water partition coefficient (Wildman–Crippen LogP) is 2.28. The molecule has 24 heavy (non-hydrogen) atoms. The summed E-state index contributed by atoms with van der Waals surface area (Å²) in [5.74, 6) is 0.444. The molecule has 130 valence electrons. The lowest BCUT2D eigenvalue weighted by molar-refractivity contribution is -0.384. The average molecular weight is 333 g/mol. The third-order valence-electron chi connectivity index (χ3n) is 5.25. The van der Waals surface area contributed by atoms with E-state index in [4.69, 9.17) is 9.31 Å². The van der Waals surface area contributed by atoms with Crippen LogP contribution in [0.25, 0.3) is 0 Å². The molecule has 2 aliphatic heterocycles. The highest BCUT2D eigenvalue weighted by Gasteiger charge is 2.52. The SMILES string of the molecule is CC1(C)OB(c2cnc(N3CCCCC3)c([N+](=O)[O-])c2)OC1(C)C. The van der Waals surface area contributed by atoms with E-state index in [-0.39, 0.29) is 10.6 Å². The Morgan fingerprint density at radius 1 is 1.17 bits per heavy atom. The maximum absolute atomic E-state index is 11.5. The van der Waals surface area contributed by atoms with Gasteiger partial charge in [-0.2, -0.15) is 0 Å². The number of nitro groups is 1. The van der Waals surface area contributed by atoms with Crippen molar-refractivity contribution in [3.63, 3.8) is 0 Å². The van der Waals surface area contributed by atoms with Crippen LogP contribution in [0.2, 0.25) is 0 Å². The van der Waals surface area contributed by atoms with Crippen molar-refractivity contribution in [3.05, 3.63) is 22.4 Å². The lowest BCUT2D eigenvalue weighted by atomic mass is 9.80. The first-order valence-corrected chi connectivity index (χ1v) is 8.46. The second-order valence-corrected chi connectivity index (χ2v) is 7.50. The van der Waals surface area contributed by atoms with E-state index in [1.54, 1.807) is 12.3 Å². The molecule has 7 nitrogen and oxygen atoms in total. The first-order chi connectivity index (χ1) is 11.2. The molecular weight excluding hydrogens is 309 g/mol. The molecule has 0 bridgehead atoms. The molecule has 2 aliphatic rings. The second-order valence-electron chi connectivity index (χ2n) is 7.50. The summed E-state index contributed by atoms with van der Waals surface area (Å²) in [5.41, 5.74) is -0.374. The van der Waals surface area contributed by atoms with E-state index in [0.29, 0.717) is 11.3 Å². The van der Waals surface area contributed by atoms with Crippen molar-refractivity contribution in [2.75, 3.05) is 18.0 Å². The van der Waals surface area contributed by atoms with E-state index in [2.05, 4.69) is 4.98 Å². The Morgan fingerprint density at radius 3 is 2.29 bits per heavy atom. The summed E-state index contributed by atoms with van der Waals surface area (Å²) in [4.78, 5) is 17.6. The number of nitrogens with zero attached hydrogens (tertiary/aromatic N) is 3. The van der Waals surface area contributed by atoms with Crippen LogP contribution in [0.15, 0.2) is 12.3 Å². The van der Waals surface area contributed by atoms with E-state index in [1.807, 2.05) is 32.6 Å². The Morgan fingerprint density at radius 2 is 1.75 bits per heavy atom. The molecule has 0 spiro atoms. The number of rotatable bonds is 3. The number of pyridine rings is 1. The highest BCUT2D eigenvalue weighted by Crippen LogP contribution is 2.37. The van der Waals surface area contributed by atoms with Gasteiger partial charge in [0.2, 0.25) is 5.82 Å². The van der Waals surface area contributed by atoms with Crippen LogP contribution in [0.3, 0.4) is 0 Å². The van der Waals surface area contributed by atoms with Gasteiger partial charge in [0.25, 0.3) is 0 Å². The summed E-state index contributed by atoms with van der Waals surface area (Å²) in [6.07, 6.45) is 4.88. The zero-order valence-electron chi connectivity index (χ0n) is 14.7. The minimum atomic E-state index is -0.642. The minimum absolute atomic E-state index is 0.0177. The molecule has 1 aromatic rings. The third-order valence-corrected chi connectivity index (χ3v) is 5.25. The van der Waals surface area contributed by atoms with Crippen LogP contribution in [0, 0.1) is 10.1 Å². The molecule has 0 N–H and O–H groups in total. The Hall–Kier alpha value is -1.67. The van der Waals surface area contributed by atoms with E-state index >= 15 is 0 Å². The smallest absolute Gasteiger partial charge is 0.399 e. The Labute approximate surface area is 142 Å². The standard InChI is InChI=1S/C16H24BN3O4/c1-15(2)16(3,4)24-17(23-15)12-10-13(20(21)22)14(18-11-12)19-8-6-5-7-9-19/h10-11H,5-9H2,1-4H3. The van der Waals surface area contributed by atoms with Gasteiger partial charge in [-0.25, -0.2) is 4.98 Å². The van der Waals surface area contributed by atoms with Crippen LogP contribution in [-0.4, -0.2) is 41.3 Å². The number of hydrogen-bond donors (Lipinski definition) is 0. The van der Waals surface area contributed by atoms with Gasteiger partial charge < -0.3 is 14.2 Å². The third kappa shape index (κ3) is 3.00. The van der Waals surface area contributed by atoms with Crippen LogP contribution < -0.4 is 10.4 Å². The molecular formula is C16H24BN3O4. The van der Waals surface area contributed by atoms with E-state index in [0.717, 1.165) is 32.4 Å². The molecule has 0 aromatic carbocycles. The molecule has 8 heteroatoms. The summed E-state index contributed by atoms with van der Waals surface area (Å²) in [7, 11) is -0.642. The predicted molar refractivity (Wildman–Crippen MR) is 92.7 cm³/mol. The number of hydrogen-bond acceptors (Lipinski definition) is 6. The Bertz CT molecular complexity index is 628. The molecule has 0 saturated carbocycles. The van der Waals surface area contributed by atoms with Gasteiger partial charge in [0, 0.05) is 30.8 Å².